The molecule has 3 nitrogen and oxygen atoms in total. The van der Waals surface area contributed by atoms with E-state index in [4.69, 9.17) is 10.1 Å². The predicted octanol–water partition coefficient (Wildman–Crippen LogP) is -0.263. The molecule has 0 aliphatic heterocycles. The van der Waals surface area contributed by atoms with Crippen LogP contribution in [0.25, 0.3) is 0 Å². The van der Waals surface area contributed by atoms with Crippen molar-refractivity contribution in [3.63, 3.8) is 0 Å². The Kier molecular flexibility index (Phi) is 7.45. The molecule has 0 atom stereocenters. The molecule has 0 aromatic rings. The van der Waals surface area contributed by atoms with Crippen molar-refractivity contribution in [1.82, 2.24) is 0 Å². The number of hydrogen-bond acceptors (Lipinski definition) is 2. The molecule has 0 aromatic carbocycles. The molecular weight excluding hydrogens is 82.3 g/mol. The second-order valence-corrected chi connectivity index (χ2v) is 0.440. The van der Waals surface area contributed by atoms with Gasteiger partial charge in [0.15, 0.2) is 7.05 Å². The number of rotatable bonds is 0. The first-order valence-electron chi connectivity index (χ1n) is 0.812. The molecule has 0 fully saturated rings. The molecule has 0 saturated carbocycles. The van der Waals surface area contributed by atoms with Crippen LogP contribution >= 0.6 is 0 Å². The van der Waals surface area contributed by atoms with Gasteiger partial charge in [-0.1, -0.05) is 0 Å². The van der Waals surface area contributed by atoms with Crippen LogP contribution in [0.3, 0.4) is 0 Å². The topological polar surface area (TPSA) is 43.1 Å². The molecule has 0 amide bonds. The summed E-state index contributed by atoms with van der Waals surface area (Å²) in [6.45, 7) is 0. The van der Waals surface area contributed by atoms with Crippen LogP contribution < -0.4 is 0 Å². The number of nitro groups is 1. The van der Waals surface area contributed by atoms with E-state index in [2.05, 4.69) is 0 Å². The van der Waals surface area contributed by atoms with E-state index < -0.39 is 4.92 Å². The molecule has 0 rings (SSSR count). The number of nitrogens with zero attached hydrogens (tertiary/aromatic N) is 1. The van der Waals surface area contributed by atoms with E-state index in [-0.39, 0.29) is 25.9 Å². The Balaban J connectivity index is -0.0000000150. The van der Waals surface area contributed by atoms with Gasteiger partial charge in [0.05, 0.1) is 0 Å². The Morgan fingerprint density at radius 1 is 2.00 bits per heavy atom. The molecule has 0 aliphatic carbocycles. The monoisotopic (exact) mass is 87.0 g/mol. The van der Waals surface area contributed by atoms with Crippen molar-refractivity contribution in [1.29, 1.82) is 0 Å². The average molecular weight is 87.4 g/mol. The Morgan fingerprint density at radius 3 is 2.00 bits per heavy atom. The van der Waals surface area contributed by atoms with Gasteiger partial charge in [-0.3, -0.25) is 10.1 Å². The van der Waals surface area contributed by atoms with Gasteiger partial charge in [0.1, 0.15) is 0 Å². The summed E-state index contributed by atoms with van der Waals surface area (Å²) in [6.07, 6.45) is 0. The van der Waals surface area contributed by atoms with Gasteiger partial charge in [-0.25, -0.2) is 0 Å². The third kappa shape index (κ3) is 707. The Hall–Kier alpha value is 0.166. The second-order valence-electron chi connectivity index (χ2n) is 0.440. The van der Waals surface area contributed by atoms with E-state index in [0.717, 1.165) is 7.05 Å². The molecule has 0 saturated heterocycles. The Labute approximate surface area is 48.6 Å². The molecule has 0 aromatic heterocycles. The fraction of sp³-hybridized carbons (Fsp3) is 1.00. The zero-order valence-electron chi connectivity index (χ0n) is 4.97. The summed E-state index contributed by atoms with van der Waals surface area (Å²) in [7, 11) is 0.889. The van der Waals surface area contributed by atoms with Crippen LogP contribution in [0.15, 0.2) is 0 Å². The van der Waals surface area contributed by atoms with Crippen molar-refractivity contribution < 1.29 is 7.78 Å². The molecule has 0 bridgehead atoms. The summed E-state index contributed by atoms with van der Waals surface area (Å²) in [5.41, 5.74) is 0. The van der Waals surface area contributed by atoms with Crippen molar-refractivity contribution >= 4 is 23.1 Å². The molecule has 5 heavy (non-hydrogen) atoms. The van der Waals surface area contributed by atoms with Crippen LogP contribution in [0.2, 0.25) is 0 Å². The molecule has 28 valence electrons. The summed E-state index contributed by atoms with van der Waals surface area (Å²) >= 11 is 0. The van der Waals surface area contributed by atoms with Gasteiger partial charge in [-0.05, 0) is 0 Å². The first-order valence-corrected chi connectivity index (χ1v) is 0.812. The Morgan fingerprint density at radius 2 is 2.00 bits per heavy atom. The first kappa shape index (κ1) is 8.94. The van der Waals surface area contributed by atoms with Gasteiger partial charge in [-0.15, -0.1) is 0 Å². The molecule has 0 heterocycles. The summed E-state index contributed by atoms with van der Waals surface area (Å²) in [5, 5.41) is 8.81. The third-order valence-electron chi connectivity index (χ3n) is 0. The van der Waals surface area contributed by atoms with E-state index in [1.165, 1.54) is 0 Å². The zero-order chi connectivity index (χ0) is 3.58. The van der Waals surface area contributed by atoms with Gasteiger partial charge in [0.25, 0.3) is 0 Å². The van der Waals surface area contributed by atoms with Crippen LogP contribution in [0, 0.1) is 10.1 Å². The molecule has 0 unspecified atom stereocenters. The standard InChI is InChI=1S/CH3NO2.Mg.2H/c1-2(3)4;;;/h1H3;;;/q;+2;2*-1. The fourth-order valence-electron chi connectivity index (χ4n) is 0. The average Bonchev–Trinajstić information content (AvgIpc) is 0.811. The molecular formula is CH5MgNO2. The minimum Gasteiger partial charge on any atom is -1.00 e. The van der Waals surface area contributed by atoms with Crippen LogP contribution in [-0.2, 0) is 0 Å². The van der Waals surface area contributed by atoms with Crippen LogP contribution in [0.4, 0.5) is 0 Å². The summed E-state index contributed by atoms with van der Waals surface area (Å²) in [5.74, 6) is 0. The van der Waals surface area contributed by atoms with E-state index in [9.17, 15) is 0 Å². The van der Waals surface area contributed by atoms with Gasteiger partial charge in [0.2, 0.25) is 0 Å². The van der Waals surface area contributed by atoms with Crippen LogP contribution in [0.5, 0.6) is 0 Å². The summed E-state index contributed by atoms with van der Waals surface area (Å²) < 4.78 is 0. The maximum absolute atomic E-state index is 8.81. The van der Waals surface area contributed by atoms with Crippen molar-refractivity contribution in [2.45, 2.75) is 0 Å². The normalized spacial score (nSPS) is 5.00. The van der Waals surface area contributed by atoms with E-state index in [1.54, 1.807) is 0 Å². The Bertz CT molecular complexity index is 38.7. The van der Waals surface area contributed by atoms with Crippen LogP contribution in [0.1, 0.15) is 2.85 Å². The molecule has 0 spiro atoms. The largest absolute Gasteiger partial charge is 2.00 e. The molecule has 0 radical (unpaired) electrons. The van der Waals surface area contributed by atoms with E-state index in [0.29, 0.717) is 0 Å². The quantitative estimate of drug-likeness (QED) is 0.232. The zero-order valence-corrected chi connectivity index (χ0v) is 4.39. The van der Waals surface area contributed by atoms with Gasteiger partial charge in [0, 0.05) is 4.92 Å². The predicted molar refractivity (Wildman–Crippen MR) is 20.9 cm³/mol. The minimum absolute atomic E-state index is 0. The molecule has 4 heteroatoms. The summed E-state index contributed by atoms with van der Waals surface area (Å²) in [4.78, 5) is 8.31. The minimum atomic E-state index is -0.500. The summed E-state index contributed by atoms with van der Waals surface area (Å²) in [6, 6.07) is 0. The smallest absolute Gasteiger partial charge is 1.00 e. The first-order chi connectivity index (χ1) is 1.73. The van der Waals surface area contributed by atoms with Crippen molar-refractivity contribution in [2.75, 3.05) is 7.05 Å². The van der Waals surface area contributed by atoms with E-state index >= 15 is 0 Å². The van der Waals surface area contributed by atoms with Crippen LogP contribution in [-0.4, -0.2) is 35.0 Å². The third-order valence-corrected chi connectivity index (χ3v) is 0. The maximum Gasteiger partial charge on any atom is 2.00 e. The van der Waals surface area contributed by atoms with Gasteiger partial charge < -0.3 is 2.85 Å². The van der Waals surface area contributed by atoms with E-state index in [1.807, 2.05) is 0 Å². The van der Waals surface area contributed by atoms with Crippen molar-refractivity contribution in [3.8, 4) is 0 Å². The van der Waals surface area contributed by atoms with Crippen molar-refractivity contribution in [2.24, 2.45) is 0 Å². The second kappa shape index (κ2) is 4.17. The fourth-order valence-corrected chi connectivity index (χ4v) is 0. The van der Waals surface area contributed by atoms with Gasteiger partial charge in [-0.2, -0.15) is 0 Å². The number of hydrogen-bond donors (Lipinski definition) is 0. The molecule has 0 aliphatic rings. The van der Waals surface area contributed by atoms with Crippen molar-refractivity contribution in [3.05, 3.63) is 10.1 Å². The maximum atomic E-state index is 8.81. The van der Waals surface area contributed by atoms with Gasteiger partial charge >= 0.3 is 23.1 Å². The SMILES string of the molecule is C[N+](=O)[O-].[H-].[H-].[Mg+2]. The molecule has 0 N–H and O–H groups in total.